The number of aliphatic hydroxyl groups is 1. The first-order chi connectivity index (χ1) is 13.5. The summed E-state index contributed by atoms with van der Waals surface area (Å²) in [5.74, 6) is -2.39. The largest absolute Gasteiger partial charge is 0.458 e. The molecule has 30 heavy (non-hydrogen) atoms. The molecule has 0 aliphatic carbocycles. The highest BCUT2D eigenvalue weighted by Crippen LogP contribution is 2.39. The van der Waals surface area contributed by atoms with Crippen LogP contribution in [0.1, 0.15) is 31.9 Å². The molecule has 2 rings (SSSR count). The molecular weight excluding hydrogens is 424 g/mol. The number of hydrogen-bond donors (Lipinski definition) is 1. The van der Waals surface area contributed by atoms with E-state index in [9.17, 15) is 41.0 Å². The topological polar surface area (TPSA) is 76.1 Å². The van der Waals surface area contributed by atoms with Gasteiger partial charge in [-0.1, -0.05) is 0 Å². The molecule has 1 unspecified atom stereocenters. The zero-order chi connectivity index (χ0) is 23.1. The molecule has 1 heterocycles. The number of esters is 1. The molecule has 1 N–H and O–H groups in total. The lowest BCUT2D eigenvalue weighted by molar-refractivity contribution is -0.177. The molecule has 1 fully saturated rings. The van der Waals surface area contributed by atoms with E-state index in [0.717, 1.165) is 0 Å². The fraction of sp³-hybridized carbons (Fsp3) is 0.556. The number of benzene rings is 1. The number of aliphatic hydroxyl groups excluding tert-OH is 1. The molecule has 1 aliphatic rings. The first-order valence-electron chi connectivity index (χ1n) is 8.64. The molecule has 12 heteroatoms. The molecule has 168 valence electrons. The number of nitrogens with zero attached hydrogens (tertiary/aromatic N) is 1. The van der Waals surface area contributed by atoms with Crippen LogP contribution in [-0.4, -0.2) is 47.9 Å². The van der Waals surface area contributed by atoms with Crippen molar-refractivity contribution in [2.75, 3.05) is 18.1 Å². The Labute approximate surface area is 167 Å². The summed E-state index contributed by atoms with van der Waals surface area (Å²) >= 11 is 0. The van der Waals surface area contributed by atoms with Crippen molar-refractivity contribution in [1.82, 2.24) is 0 Å². The van der Waals surface area contributed by atoms with E-state index in [2.05, 4.69) is 0 Å². The number of halogens is 6. The molecule has 0 bridgehead atoms. The number of hydrogen-bond acceptors (Lipinski definition) is 5. The molecule has 1 aromatic carbocycles. The van der Waals surface area contributed by atoms with Crippen LogP contribution in [0.5, 0.6) is 0 Å². The van der Waals surface area contributed by atoms with Crippen molar-refractivity contribution in [3.8, 4) is 0 Å². The van der Waals surface area contributed by atoms with Gasteiger partial charge in [-0.2, -0.15) is 26.3 Å². The van der Waals surface area contributed by atoms with Crippen molar-refractivity contribution in [2.45, 2.75) is 50.9 Å². The summed E-state index contributed by atoms with van der Waals surface area (Å²) in [6.45, 7) is 3.77. The van der Waals surface area contributed by atoms with Crippen molar-refractivity contribution in [3.63, 3.8) is 0 Å². The lowest BCUT2D eigenvalue weighted by atomic mass is 10.1. The highest BCUT2D eigenvalue weighted by molar-refractivity contribution is 6.00. The molecule has 0 aromatic heterocycles. The minimum atomic E-state index is -5.10. The molecule has 0 radical (unpaired) electrons. The highest BCUT2D eigenvalue weighted by Gasteiger charge is 2.43. The first-order valence-corrected chi connectivity index (χ1v) is 8.64. The van der Waals surface area contributed by atoms with Gasteiger partial charge in [-0.15, -0.1) is 0 Å². The fourth-order valence-corrected chi connectivity index (χ4v) is 2.67. The number of ether oxygens (including phenoxy) is 2. The van der Waals surface area contributed by atoms with Gasteiger partial charge in [-0.25, -0.2) is 4.79 Å². The van der Waals surface area contributed by atoms with Gasteiger partial charge in [0.05, 0.1) is 17.7 Å². The van der Waals surface area contributed by atoms with Crippen LogP contribution >= 0.6 is 0 Å². The van der Waals surface area contributed by atoms with Crippen LogP contribution in [0.15, 0.2) is 18.2 Å². The number of carbonyl (C=O) groups excluding carboxylic acids is 2. The van der Waals surface area contributed by atoms with Gasteiger partial charge in [-0.05, 0) is 39.0 Å². The number of amides is 1. The second kappa shape index (κ2) is 8.06. The monoisotopic (exact) mass is 443 g/mol. The van der Waals surface area contributed by atoms with Gasteiger partial charge < -0.3 is 19.5 Å². The van der Waals surface area contributed by atoms with Crippen LogP contribution in [0.25, 0.3) is 0 Å². The highest BCUT2D eigenvalue weighted by atomic mass is 19.4. The Balaban J connectivity index is 2.39. The Bertz CT molecular complexity index is 783. The summed E-state index contributed by atoms with van der Waals surface area (Å²) in [5, 5.41) is 10.1. The second-order valence-corrected chi connectivity index (χ2v) is 7.52. The fourth-order valence-electron chi connectivity index (χ4n) is 2.67. The summed E-state index contributed by atoms with van der Waals surface area (Å²) in [6.07, 6.45) is -14.2. The SMILES string of the molecule is CC(C)(C)OC(=O)C(O)[C@H]1OCCN(c2cc(C(F)(F)F)cc(C(F)(F)F)c2)C1=O. The van der Waals surface area contributed by atoms with E-state index in [-0.39, 0.29) is 19.2 Å². The maximum Gasteiger partial charge on any atom is 0.416 e. The Kier molecular flexibility index (Phi) is 6.43. The standard InChI is InChI=1S/C18H19F6NO5/c1-16(2,3)30-15(28)12(26)13-14(27)25(4-5-29-13)11-7-9(17(19,20)21)6-10(8-11)18(22,23)24/h6-8,12-13,26H,4-5H2,1-3H3/t12?,13-/m1/s1. The van der Waals surface area contributed by atoms with Crippen LogP contribution in [0.4, 0.5) is 32.0 Å². The molecule has 6 nitrogen and oxygen atoms in total. The van der Waals surface area contributed by atoms with Crippen LogP contribution in [0, 0.1) is 0 Å². The summed E-state index contributed by atoms with van der Waals surface area (Å²) in [5.41, 5.74) is -4.91. The summed E-state index contributed by atoms with van der Waals surface area (Å²) in [7, 11) is 0. The summed E-state index contributed by atoms with van der Waals surface area (Å²) < 4.78 is 88.4. The Hall–Kier alpha value is -2.34. The van der Waals surface area contributed by atoms with E-state index in [1.54, 1.807) is 0 Å². The van der Waals surface area contributed by atoms with Gasteiger partial charge in [0, 0.05) is 12.2 Å². The average molecular weight is 443 g/mol. The summed E-state index contributed by atoms with van der Waals surface area (Å²) in [4.78, 5) is 25.2. The molecule has 1 aromatic rings. The molecule has 1 amide bonds. The number of morpholine rings is 1. The predicted molar refractivity (Wildman–Crippen MR) is 90.4 cm³/mol. The normalized spacial score (nSPS) is 19.6. The number of anilines is 1. The predicted octanol–water partition coefficient (Wildman–Crippen LogP) is 3.16. The van der Waals surface area contributed by atoms with Crippen LogP contribution in [0.2, 0.25) is 0 Å². The van der Waals surface area contributed by atoms with Gasteiger partial charge in [-0.3, -0.25) is 4.79 Å². The minimum Gasteiger partial charge on any atom is -0.458 e. The van der Waals surface area contributed by atoms with Gasteiger partial charge >= 0.3 is 18.3 Å². The average Bonchev–Trinajstić information content (AvgIpc) is 2.58. The van der Waals surface area contributed by atoms with E-state index in [4.69, 9.17) is 9.47 Å². The van der Waals surface area contributed by atoms with Crippen molar-refractivity contribution < 1.29 is 50.5 Å². The van der Waals surface area contributed by atoms with E-state index in [1.807, 2.05) is 0 Å². The molecule has 1 aliphatic heterocycles. The van der Waals surface area contributed by atoms with E-state index in [1.165, 1.54) is 20.8 Å². The number of alkyl halides is 6. The zero-order valence-corrected chi connectivity index (χ0v) is 16.1. The van der Waals surface area contributed by atoms with Gasteiger partial charge in [0.25, 0.3) is 5.91 Å². The second-order valence-electron chi connectivity index (χ2n) is 7.52. The van der Waals surface area contributed by atoms with Crippen LogP contribution in [0.3, 0.4) is 0 Å². The molecule has 2 atom stereocenters. The van der Waals surface area contributed by atoms with E-state index < -0.39 is 58.9 Å². The molecule has 0 saturated carbocycles. The van der Waals surface area contributed by atoms with Crippen molar-refractivity contribution in [2.24, 2.45) is 0 Å². The van der Waals surface area contributed by atoms with Crippen molar-refractivity contribution in [1.29, 1.82) is 0 Å². The van der Waals surface area contributed by atoms with E-state index >= 15 is 0 Å². The van der Waals surface area contributed by atoms with E-state index in [0.29, 0.717) is 17.0 Å². The third-order valence-corrected chi connectivity index (χ3v) is 3.94. The number of rotatable bonds is 3. The maximum atomic E-state index is 13.1. The van der Waals surface area contributed by atoms with Crippen molar-refractivity contribution in [3.05, 3.63) is 29.3 Å². The quantitative estimate of drug-likeness (QED) is 0.574. The number of carbonyl (C=O) groups is 2. The zero-order valence-electron chi connectivity index (χ0n) is 16.1. The Morgan fingerprint density at radius 3 is 2.03 bits per heavy atom. The maximum absolute atomic E-state index is 13.1. The molecule has 0 spiro atoms. The van der Waals surface area contributed by atoms with Crippen LogP contribution < -0.4 is 4.90 Å². The van der Waals surface area contributed by atoms with Gasteiger partial charge in [0.2, 0.25) is 0 Å². The lowest BCUT2D eigenvalue weighted by Gasteiger charge is -2.35. The van der Waals surface area contributed by atoms with Crippen molar-refractivity contribution >= 4 is 17.6 Å². The van der Waals surface area contributed by atoms with Crippen LogP contribution in [-0.2, 0) is 31.4 Å². The Morgan fingerprint density at radius 2 is 1.60 bits per heavy atom. The Morgan fingerprint density at radius 1 is 1.10 bits per heavy atom. The molecular formula is C18H19F6NO5. The lowest BCUT2D eigenvalue weighted by Crippen LogP contribution is -2.55. The molecule has 1 saturated heterocycles. The first kappa shape index (κ1) is 23.9. The third-order valence-electron chi connectivity index (χ3n) is 3.94. The minimum absolute atomic E-state index is 0.0680. The summed E-state index contributed by atoms with van der Waals surface area (Å²) in [6, 6.07) is 0.701. The van der Waals surface area contributed by atoms with Gasteiger partial charge in [0.15, 0.2) is 12.2 Å². The third kappa shape index (κ3) is 5.63. The van der Waals surface area contributed by atoms with Gasteiger partial charge in [0.1, 0.15) is 5.60 Å². The smallest absolute Gasteiger partial charge is 0.416 e.